The van der Waals surface area contributed by atoms with Gasteiger partial charge in [-0.15, -0.1) is 0 Å². The molecule has 0 fully saturated rings. The summed E-state index contributed by atoms with van der Waals surface area (Å²) in [6.45, 7) is 0. The van der Waals surface area contributed by atoms with E-state index in [1.54, 1.807) is 18.2 Å². The number of phenolic OH excluding ortho intramolecular Hbond substituents is 1. The zero-order valence-electron chi connectivity index (χ0n) is 15.0. The van der Waals surface area contributed by atoms with Crippen LogP contribution in [0.5, 0.6) is 5.75 Å². The number of carbonyl (C=O) groups is 1. The molecule has 0 amide bonds. The Morgan fingerprint density at radius 3 is 2.07 bits per heavy atom. The SMILES string of the molecule is O=C1C=CC2=Nc3ccc(O)cc3[Si](c3ccccc3)(c3ccccc3)C2=C1. The zero-order chi connectivity index (χ0) is 19.1. The third-order valence-electron chi connectivity index (χ3n) is 5.41. The van der Waals surface area contributed by atoms with Crippen LogP contribution in [0.1, 0.15) is 0 Å². The van der Waals surface area contributed by atoms with E-state index in [-0.39, 0.29) is 11.5 Å². The number of nitrogens with zero attached hydrogens (tertiary/aromatic N) is 1. The number of ketones is 1. The van der Waals surface area contributed by atoms with Crippen molar-refractivity contribution >= 4 is 40.8 Å². The molecule has 1 N–H and O–H groups in total. The summed E-state index contributed by atoms with van der Waals surface area (Å²) in [5, 5.41) is 14.6. The second-order valence-corrected chi connectivity index (χ2v) is 10.7. The molecular formula is C24H17NO2Si. The smallest absolute Gasteiger partial charge is 0.184 e. The first kappa shape index (κ1) is 16.7. The molecule has 1 heterocycles. The van der Waals surface area contributed by atoms with Crippen LogP contribution in [0, 0.1) is 0 Å². The number of hydrogen-bond acceptors (Lipinski definition) is 3. The molecule has 28 heavy (non-hydrogen) atoms. The van der Waals surface area contributed by atoms with E-state index in [1.165, 1.54) is 0 Å². The predicted molar refractivity (Wildman–Crippen MR) is 115 cm³/mol. The largest absolute Gasteiger partial charge is 0.508 e. The van der Waals surface area contributed by atoms with Crippen molar-refractivity contribution in [1.29, 1.82) is 0 Å². The van der Waals surface area contributed by atoms with Crippen LogP contribution in [0.2, 0.25) is 0 Å². The fourth-order valence-corrected chi connectivity index (χ4v) is 9.30. The van der Waals surface area contributed by atoms with Crippen LogP contribution >= 0.6 is 0 Å². The number of aliphatic imine (C=N–C) groups is 1. The van der Waals surface area contributed by atoms with E-state index < -0.39 is 8.07 Å². The predicted octanol–water partition coefficient (Wildman–Crippen LogP) is 2.55. The van der Waals surface area contributed by atoms with Crippen LogP contribution in [0.25, 0.3) is 0 Å². The van der Waals surface area contributed by atoms with Crippen LogP contribution in [0.4, 0.5) is 5.69 Å². The molecule has 3 aromatic carbocycles. The van der Waals surface area contributed by atoms with Gasteiger partial charge in [0.1, 0.15) is 5.75 Å². The number of fused-ring (bicyclic) bond motifs is 2. The molecule has 134 valence electrons. The van der Waals surface area contributed by atoms with Gasteiger partial charge in [-0.05, 0) is 57.2 Å². The lowest BCUT2D eigenvalue weighted by Gasteiger charge is -2.40. The summed E-state index contributed by atoms with van der Waals surface area (Å²) in [6.07, 6.45) is 5.13. The van der Waals surface area contributed by atoms with Crippen molar-refractivity contribution in [1.82, 2.24) is 0 Å². The number of rotatable bonds is 2. The van der Waals surface area contributed by atoms with Gasteiger partial charge < -0.3 is 5.11 Å². The quantitative estimate of drug-likeness (QED) is 0.550. The minimum Gasteiger partial charge on any atom is -0.508 e. The van der Waals surface area contributed by atoms with E-state index in [4.69, 9.17) is 4.99 Å². The number of hydrogen-bond donors (Lipinski definition) is 1. The van der Waals surface area contributed by atoms with E-state index >= 15 is 0 Å². The van der Waals surface area contributed by atoms with Gasteiger partial charge >= 0.3 is 0 Å². The molecular weight excluding hydrogens is 362 g/mol. The highest BCUT2D eigenvalue weighted by molar-refractivity contribution is 7.19. The Morgan fingerprint density at radius 2 is 1.43 bits per heavy atom. The zero-order valence-corrected chi connectivity index (χ0v) is 16.0. The molecule has 0 saturated carbocycles. The number of benzene rings is 3. The van der Waals surface area contributed by atoms with E-state index in [2.05, 4.69) is 24.3 Å². The standard InChI is InChI=1S/C24H17NO2Si/c26-17-11-13-21-23(15-17)28(19-7-3-1-4-8-19,20-9-5-2-6-10-20)24-16-18(27)12-14-22(24)25-21/h1-16,26H. The second kappa shape index (κ2) is 6.29. The minimum atomic E-state index is -2.79. The average Bonchev–Trinajstić information content (AvgIpc) is 2.74. The van der Waals surface area contributed by atoms with Crippen molar-refractivity contribution in [2.75, 3.05) is 0 Å². The Kier molecular flexibility index (Phi) is 3.74. The molecule has 0 bridgehead atoms. The van der Waals surface area contributed by atoms with E-state index in [0.29, 0.717) is 0 Å². The number of aromatic hydroxyl groups is 1. The van der Waals surface area contributed by atoms with Crippen LogP contribution in [-0.4, -0.2) is 24.7 Å². The first-order valence-corrected chi connectivity index (χ1v) is 11.2. The normalized spacial score (nSPS) is 16.6. The van der Waals surface area contributed by atoms with Crippen molar-refractivity contribution in [3.63, 3.8) is 0 Å². The lowest BCUT2D eigenvalue weighted by molar-refractivity contribution is -0.110. The average molecular weight is 379 g/mol. The maximum Gasteiger partial charge on any atom is 0.184 e. The molecule has 0 atom stereocenters. The molecule has 0 aromatic heterocycles. The van der Waals surface area contributed by atoms with Crippen molar-refractivity contribution in [2.24, 2.45) is 4.99 Å². The molecule has 3 nitrogen and oxygen atoms in total. The molecule has 0 spiro atoms. The molecule has 0 saturated heterocycles. The van der Waals surface area contributed by atoms with Crippen LogP contribution < -0.4 is 15.6 Å². The van der Waals surface area contributed by atoms with Gasteiger partial charge in [-0.3, -0.25) is 4.79 Å². The van der Waals surface area contributed by atoms with Gasteiger partial charge in [-0.2, -0.15) is 0 Å². The van der Waals surface area contributed by atoms with Gasteiger partial charge in [0, 0.05) is 0 Å². The van der Waals surface area contributed by atoms with Crippen molar-refractivity contribution < 1.29 is 9.90 Å². The molecule has 3 aromatic rings. The lowest BCUT2D eigenvalue weighted by atomic mass is 10.1. The third kappa shape index (κ3) is 2.35. The topological polar surface area (TPSA) is 49.7 Å². The highest BCUT2D eigenvalue weighted by Gasteiger charge is 2.48. The Balaban J connectivity index is 1.98. The summed E-state index contributed by atoms with van der Waals surface area (Å²) in [4.78, 5) is 17.2. The third-order valence-corrected chi connectivity index (χ3v) is 10.2. The summed E-state index contributed by atoms with van der Waals surface area (Å²) in [5.41, 5.74) is 1.68. The maximum absolute atomic E-state index is 12.4. The molecule has 5 rings (SSSR count). The van der Waals surface area contributed by atoms with Crippen LogP contribution in [-0.2, 0) is 4.79 Å². The van der Waals surface area contributed by atoms with Gasteiger partial charge in [-0.1, -0.05) is 60.7 Å². The van der Waals surface area contributed by atoms with Crippen LogP contribution in [0.15, 0.2) is 107 Å². The summed E-state index contributed by atoms with van der Waals surface area (Å²) in [7, 11) is -2.79. The van der Waals surface area contributed by atoms with Gasteiger partial charge in [0.15, 0.2) is 13.9 Å². The first-order chi connectivity index (χ1) is 13.7. The second-order valence-electron chi connectivity index (χ2n) is 6.97. The fourth-order valence-electron chi connectivity index (χ4n) is 4.27. The summed E-state index contributed by atoms with van der Waals surface area (Å²) < 4.78 is 0. The molecule has 0 unspecified atom stereocenters. The van der Waals surface area contributed by atoms with E-state index in [9.17, 15) is 9.90 Å². The van der Waals surface area contributed by atoms with Crippen molar-refractivity contribution in [2.45, 2.75) is 0 Å². The van der Waals surface area contributed by atoms with Gasteiger partial charge in [0.25, 0.3) is 0 Å². The molecule has 1 aliphatic carbocycles. The summed E-state index contributed by atoms with van der Waals surface area (Å²) >= 11 is 0. The number of allylic oxidation sites excluding steroid dienone is 4. The molecule has 4 heteroatoms. The van der Waals surface area contributed by atoms with Gasteiger partial charge in [0.2, 0.25) is 0 Å². The Bertz CT molecular complexity index is 1140. The Morgan fingerprint density at radius 1 is 0.786 bits per heavy atom. The molecule has 0 radical (unpaired) electrons. The van der Waals surface area contributed by atoms with Crippen molar-refractivity contribution in [3.05, 3.63) is 102 Å². The van der Waals surface area contributed by atoms with Gasteiger partial charge in [0.05, 0.1) is 11.4 Å². The summed E-state index contributed by atoms with van der Waals surface area (Å²) in [5.74, 6) is 0.181. The minimum absolute atomic E-state index is 0.0266. The number of phenols is 1. The Labute approximate surface area is 164 Å². The summed E-state index contributed by atoms with van der Waals surface area (Å²) in [6, 6.07) is 26.0. The van der Waals surface area contributed by atoms with Crippen LogP contribution in [0.3, 0.4) is 0 Å². The highest BCUT2D eigenvalue weighted by atomic mass is 28.3. The Hall–Kier alpha value is -3.50. The first-order valence-electron chi connectivity index (χ1n) is 9.17. The lowest BCUT2D eigenvalue weighted by Crippen LogP contribution is -2.71. The van der Waals surface area contributed by atoms with E-state index in [0.717, 1.165) is 32.2 Å². The fraction of sp³-hybridized carbons (Fsp3) is 0. The molecule has 2 aliphatic rings. The monoisotopic (exact) mass is 379 g/mol. The van der Waals surface area contributed by atoms with Crippen molar-refractivity contribution in [3.8, 4) is 5.75 Å². The van der Waals surface area contributed by atoms with E-state index in [1.807, 2.05) is 54.6 Å². The molecule has 1 aliphatic heterocycles. The maximum atomic E-state index is 12.4. The number of carbonyl (C=O) groups excluding carboxylic acids is 1. The highest BCUT2D eigenvalue weighted by Crippen LogP contribution is 2.32. The van der Waals surface area contributed by atoms with Gasteiger partial charge in [-0.25, -0.2) is 4.99 Å².